The van der Waals surface area contributed by atoms with Crippen molar-refractivity contribution in [2.24, 2.45) is 0 Å². The Kier molecular flexibility index (Phi) is 8.85. The monoisotopic (exact) mass is 433 g/mol. The summed E-state index contributed by atoms with van der Waals surface area (Å²) in [6.07, 6.45) is 7.89. The molecule has 5 heteroatoms. The molecule has 28 heavy (non-hydrogen) atoms. The zero-order valence-corrected chi connectivity index (χ0v) is 17.9. The van der Waals surface area contributed by atoms with Crippen molar-refractivity contribution >= 4 is 52.4 Å². The van der Waals surface area contributed by atoms with Crippen molar-refractivity contribution in [3.8, 4) is 0 Å². The summed E-state index contributed by atoms with van der Waals surface area (Å²) in [6, 6.07) is 12.7. The number of nitrogens with zero attached hydrogens (tertiary/aromatic N) is 1. The van der Waals surface area contributed by atoms with Crippen LogP contribution in [0.1, 0.15) is 24.5 Å². The number of benzene rings is 2. The predicted octanol–water partition coefficient (Wildman–Crippen LogP) is 7.17. The molecule has 1 amide bonds. The SMILES string of the molecule is C=CCN(CCC)C(=O)/C=C/C(=C/c1ccc(Cl)cc1)c1ccc(Cl)cc1Cl. The van der Waals surface area contributed by atoms with Gasteiger partial charge in [-0.2, -0.15) is 0 Å². The van der Waals surface area contributed by atoms with E-state index >= 15 is 0 Å². The molecule has 0 heterocycles. The number of hydrogen-bond acceptors (Lipinski definition) is 1. The van der Waals surface area contributed by atoms with E-state index in [0.29, 0.717) is 28.2 Å². The largest absolute Gasteiger partial charge is 0.335 e. The molecule has 2 aromatic carbocycles. The number of carbonyl (C=O) groups is 1. The first-order valence-electron chi connectivity index (χ1n) is 8.95. The van der Waals surface area contributed by atoms with Gasteiger partial charge in [0.2, 0.25) is 5.91 Å². The van der Waals surface area contributed by atoms with Gasteiger partial charge in [-0.1, -0.05) is 66.0 Å². The van der Waals surface area contributed by atoms with Crippen LogP contribution in [0.15, 0.2) is 67.3 Å². The summed E-state index contributed by atoms with van der Waals surface area (Å²) in [7, 11) is 0. The summed E-state index contributed by atoms with van der Waals surface area (Å²) in [5.74, 6) is -0.0751. The van der Waals surface area contributed by atoms with Crippen molar-refractivity contribution in [2.75, 3.05) is 13.1 Å². The van der Waals surface area contributed by atoms with Gasteiger partial charge in [0, 0.05) is 39.8 Å². The van der Waals surface area contributed by atoms with E-state index in [9.17, 15) is 4.79 Å². The van der Waals surface area contributed by atoms with Crippen LogP contribution in [-0.2, 0) is 4.79 Å². The van der Waals surface area contributed by atoms with Gasteiger partial charge in [-0.25, -0.2) is 0 Å². The van der Waals surface area contributed by atoms with E-state index in [1.54, 1.807) is 35.3 Å². The van der Waals surface area contributed by atoms with E-state index in [-0.39, 0.29) is 5.91 Å². The lowest BCUT2D eigenvalue weighted by molar-refractivity contribution is -0.125. The van der Waals surface area contributed by atoms with Crippen LogP contribution in [0.2, 0.25) is 15.1 Å². The van der Waals surface area contributed by atoms with Gasteiger partial charge in [-0.05, 0) is 54.0 Å². The van der Waals surface area contributed by atoms with Crippen molar-refractivity contribution in [3.63, 3.8) is 0 Å². The molecule has 2 aromatic rings. The summed E-state index contributed by atoms with van der Waals surface area (Å²) in [4.78, 5) is 14.3. The lowest BCUT2D eigenvalue weighted by Crippen LogP contribution is -2.30. The van der Waals surface area contributed by atoms with Crippen LogP contribution in [0.5, 0.6) is 0 Å². The van der Waals surface area contributed by atoms with Crippen molar-refractivity contribution in [1.82, 2.24) is 4.90 Å². The van der Waals surface area contributed by atoms with E-state index in [1.807, 2.05) is 43.3 Å². The van der Waals surface area contributed by atoms with Crippen molar-refractivity contribution < 1.29 is 4.79 Å². The van der Waals surface area contributed by atoms with E-state index in [2.05, 4.69) is 6.58 Å². The molecule has 0 aliphatic rings. The Morgan fingerprint density at radius 2 is 1.71 bits per heavy atom. The van der Waals surface area contributed by atoms with Crippen LogP contribution in [0.3, 0.4) is 0 Å². The molecular weight excluding hydrogens is 413 g/mol. The Bertz CT molecular complexity index is 885. The Hall–Kier alpha value is -2.00. The fourth-order valence-electron chi connectivity index (χ4n) is 2.66. The summed E-state index contributed by atoms with van der Waals surface area (Å²) in [5.41, 5.74) is 2.53. The highest BCUT2D eigenvalue weighted by Gasteiger charge is 2.10. The molecule has 0 fully saturated rings. The third kappa shape index (κ3) is 6.56. The van der Waals surface area contributed by atoms with Crippen molar-refractivity contribution in [3.05, 3.63) is 93.5 Å². The van der Waals surface area contributed by atoms with Crippen LogP contribution in [0.4, 0.5) is 0 Å². The minimum atomic E-state index is -0.0751. The average Bonchev–Trinajstić information content (AvgIpc) is 2.66. The van der Waals surface area contributed by atoms with Gasteiger partial charge in [-0.15, -0.1) is 6.58 Å². The molecule has 146 valence electrons. The summed E-state index contributed by atoms with van der Waals surface area (Å²) in [6.45, 7) is 6.94. The zero-order chi connectivity index (χ0) is 20.5. The van der Waals surface area contributed by atoms with Crippen LogP contribution in [-0.4, -0.2) is 23.9 Å². The number of allylic oxidation sites excluding steroid dienone is 2. The first-order valence-corrected chi connectivity index (χ1v) is 10.1. The maximum Gasteiger partial charge on any atom is 0.246 e. The van der Waals surface area contributed by atoms with Crippen LogP contribution < -0.4 is 0 Å². The van der Waals surface area contributed by atoms with Gasteiger partial charge in [-0.3, -0.25) is 4.79 Å². The highest BCUT2D eigenvalue weighted by atomic mass is 35.5. The minimum Gasteiger partial charge on any atom is -0.335 e. The molecule has 0 saturated carbocycles. The molecule has 0 bridgehead atoms. The van der Waals surface area contributed by atoms with Gasteiger partial charge in [0.25, 0.3) is 0 Å². The minimum absolute atomic E-state index is 0.0751. The lowest BCUT2D eigenvalue weighted by atomic mass is 10.0. The average molecular weight is 435 g/mol. The number of rotatable bonds is 8. The summed E-state index contributed by atoms with van der Waals surface area (Å²) >= 11 is 18.4. The molecule has 0 aliphatic heterocycles. The quantitative estimate of drug-likeness (QED) is 0.187. The normalized spacial score (nSPS) is 11.6. The standard InChI is InChI=1S/C23H22Cl3NO/c1-3-13-27(14-4-2)23(28)12-7-18(15-17-5-8-19(24)9-6-17)21-11-10-20(25)16-22(21)26/h3,5-12,15-16H,1,4,13-14H2,2H3/b12-7+,18-15-. The Morgan fingerprint density at radius 3 is 2.32 bits per heavy atom. The first kappa shape index (κ1) is 22.3. The summed E-state index contributed by atoms with van der Waals surface area (Å²) in [5, 5.41) is 1.73. The zero-order valence-electron chi connectivity index (χ0n) is 15.7. The Morgan fingerprint density at radius 1 is 1.04 bits per heavy atom. The van der Waals surface area contributed by atoms with Crippen LogP contribution in [0.25, 0.3) is 11.6 Å². The van der Waals surface area contributed by atoms with Gasteiger partial charge in [0.15, 0.2) is 0 Å². The molecule has 0 atom stereocenters. The van der Waals surface area contributed by atoms with Crippen LogP contribution >= 0.6 is 34.8 Å². The number of amides is 1. The second-order valence-electron chi connectivity index (χ2n) is 6.18. The molecular formula is C23H22Cl3NO. The predicted molar refractivity (Wildman–Crippen MR) is 122 cm³/mol. The van der Waals surface area contributed by atoms with E-state index in [0.717, 1.165) is 23.1 Å². The number of hydrogen-bond donors (Lipinski definition) is 0. The lowest BCUT2D eigenvalue weighted by Gasteiger charge is -2.18. The maximum atomic E-state index is 12.6. The Labute approximate surface area is 181 Å². The number of carbonyl (C=O) groups excluding carboxylic acids is 1. The highest BCUT2D eigenvalue weighted by molar-refractivity contribution is 6.36. The smallest absolute Gasteiger partial charge is 0.246 e. The molecule has 2 rings (SSSR count). The van der Waals surface area contributed by atoms with Crippen molar-refractivity contribution in [1.29, 1.82) is 0 Å². The second-order valence-corrected chi connectivity index (χ2v) is 7.46. The molecule has 0 N–H and O–H groups in total. The number of halogens is 3. The van der Waals surface area contributed by atoms with Gasteiger partial charge in [0.1, 0.15) is 0 Å². The molecule has 0 aliphatic carbocycles. The van der Waals surface area contributed by atoms with E-state index in [4.69, 9.17) is 34.8 Å². The molecule has 0 aromatic heterocycles. The van der Waals surface area contributed by atoms with Gasteiger partial charge in [0.05, 0.1) is 0 Å². The molecule has 0 saturated heterocycles. The third-order valence-corrected chi connectivity index (χ3v) is 4.79. The highest BCUT2D eigenvalue weighted by Crippen LogP contribution is 2.29. The maximum absolute atomic E-state index is 12.6. The fourth-order valence-corrected chi connectivity index (χ4v) is 3.31. The van der Waals surface area contributed by atoms with Gasteiger partial charge >= 0.3 is 0 Å². The Balaban J connectivity index is 2.41. The molecule has 0 spiro atoms. The third-order valence-electron chi connectivity index (χ3n) is 3.99. The van der Waals surface area contributed by atoms with E-state index in [1.165, 1.54) is 0 Å². The van der Waals surface area contributed by atoms with E-state index < -0.39 is 0 Å². The fraction of sp³-hybridized carbons (Fsp3) is 0.174. The van der Waals surface area contributed by atoms with Crippen molar-refractivity contribution in [2.45, 2.75) is 13.3 Å². The first-order chi connectivity index (χ1) is 13.4. The van der Waals surface area contributed by atoms with Crippen LogP contribution in [0, 0.1) is 0 Å². The summed E-state index contributed by atoms with van der Waals surface area (Å²) < 4.78 is 0. The van der Waals surface area contributed by atoms with Gasteiger partial charge < -0.3 is 4.90 Å². The molecule has 0 radical (unpaired) electrons. The second kappa shape index (κ2) is 11.1. The molecule has 2 nitrogen and oxygen atoms in total. The molecule has 0 unspecified atom stereocenters. The topological polar surface area (TPSA) is 20.3 Å².